The number of aryl methyl sites for hydroxylation is 1. The highest BCUT2D eigenvalue weighted by molar-refractivity contribution is 6.42. The molecule has 1 heterocycles. The van der Waals surface area contributed by atoms with Gasteiger partial charge in [0, 0.05) is 19.6 Å². The Labute approximate surface area is 192 Å². The Kier molecular flexibility index (Phi) is 8.52. The predicted molar refractivity (Wildman–Crippen MR) is 124 cm³/mol. The molecule has 1 aliphatic heterocycles. The van der Waals surface area contributed by atoms with Gasteiger partial charge in [0.25, 0.3) is 5.91 Å². The van der Waals surface area contributed by atoms with Crippen LogP contribution in [0.25, 0.3) is 6.08 Å². The van der Waals surface area contributed by atoms with E-state index in [-0.39, 0.29) is 24.9 Å². The zero-order chi connectivity index (χ0) is 22.2. The number of hydrogen-bond acceptors (Lipinski definition) is 3. The van der Waals surface area contributed by atoms with Gasteiger partial charge in [0.15, 0.2) is 0 Å². The van der Waals surface area contributed by atoms with Crippen LogP contribution < -0.4 is 5.32 Å². The van der Waals surface area contributed by atoms with Crippen molar-refractivity contribution in [3.8, 4) is 0 Å². The maximum absolute atomic E-state index is 12.4. The number of halogens is 2. The molecule has 164 valence electrons. The summed E-state index contributed by atoms with van der Waals surface area (Å²) < 4.78 is 0. The average molecular weight is 461 g/mol. The summed E-state index contributed by atoms with van der Waals surface area (Å²) >= 11 is 11.9. The highest BCUT2D eigenvalue weighted by Crippen LogP contribution is 2.23. The minimum absolute atomic E-state index is 0.244. The fourth-order valence-electron chi connectivity index (χ4n) is 3.59. The molecular weight excluding hydrogens is 435 g/mol. The first-order chi connectivity index (χ1) is 15.0. The summed E-state index contributed by atoms with van der Waals surface area (Å²) in [6.07, 6.45) is 5.03. The third-order valence-corrected chi connectivity index (χ3v) is 6.07. The smallest absolute Gasteiger partial charge is 0.252 e. The van der Waals surface area contributed by atoms with E-state index in [4.69, 9.17) is 23.2 Å². The van der Waals surface area contributed by atoms with E-state index in [9.17, 15) is 14.7 Å². The number of nitrogens with zero attached hydrogens (tertiary/aromatic N) is 1. The Hall–Kier alpha value is -2.34. The molecule has 1 aliphatic rings. The van der Waals surface area contributed by atoms with E-state index in [1.54, 1.807) is 23.1 Å². The molecule has 0 bridgehead atoms. The van der Waals surface area contributed by atoms with Crippen LogP contribution in [0.5, 0.6) is 0 Å². The molecule has 0 aromatic heterocycles. The van der Waals surface area contributed by atoms with Crippen LogP contribution in [0.15, 0.2) is 54.6 Å². The van der Waals surface area contributed by atoms with Crippen LogP contribution in [-0.4, -0.2) is 47.6 Å². The third kappa shape index (κ3) is 6.57. The molecule has 2 N–H and O–H groups in total. The molecule has 1 saturated heterocycles. The summed E-state index contributed by atoms with van der Waals surface area (Å²) in [5.74, 6) is -1.45. The van der Waals surface area contributed by atoms with Crippen LogP contribution in [0.4, 0.5) is 0 Å². The molecule has 2 amide bonds. The van der Waals surface area contributed by atoms with Gasteiger partial charge in [-0.1, -0.05) is 71.8 Å². The summed E-state index contributed by atoms with van der Waals surface area (Å²) in [5, 5.41) is 13.9. The topological polar surface area (TPSA) is 69.6 Å². The lowest BCUT2D eigenvalue weighted by Gasteiger charge is -2.16. The van der Waals surface area contributed by atoms with Gasteiger partial charge >= 0.3 is 0 Å². The first-order valence-electron chi connectivity index (χ1n) is 10.4. The van der Waals surface area contributed by atoms with Gasteiger partial charge in [0.05, 0.1) is 16.0 Å². The maximum Gasteiger partial charge on any atom is 0.252 e. The van der Waals surface area contributed by atoms with Crippen molar-refractivity contribution in [2.45, 2.75) is 25.4 Å². The van der Waals surface area contributed by atoms with E-state index in [0.717, 1.165) is 24.8 Å². The number of benzene rings is 2. The molecule has 3 rings (SSSR count). The lowest BCUT2D eigenvalue weighted by atomic mass is 10.1. The van der Waals surface area contributed by atoms with E-state index in [1.807, 2.05) is 30.3 Å². The molecule has 0 spiro atoms. The number of aliphatic hydroxyl groups excluding tert-OH is 1. The molecule has 2 unspecified atom stereocenters. The highest BCUT2D eigenvalue weighted by Gasteiger charge is 2.42. The van der Waals surface area contributed by atoms with Crippen LogP contribution >= 0.6 is 23.2 Å². The number of carbonyl (C=O) groups excluding carboxylic acids is 2. The first-order valence-corrected chi connectivity index (χ1v) is 11.1. The van der Waals surface area contributed by atoms with Crippen molar-refractivity contribution in [2.75, 3.05) is 19.6 Å². The van der Waals surface area contributed by atoms with Gasteiger partial charge in [-0.2, -0.15) is 0 Å². The van der Waals surface area contributed by atoms with E-state index in [0.29, 0.717) is 16.6 Å². The summed E-state index contributed by atoms with van der Waals surface area (Å²) in [7, 11) is 0. The van der Waals surface area contributed by atoms with Crippen LogP contribution in [0, 0.1) is 5.92 Å². The molecule has 2 aromatic rings. The molecule has 2 atom stereocenters. The summed E-state index contributed by atoms with van der Waals surface area (Å²) in [4.78, 5) is 26.4. The molecular formula is C24H26Cl2N2O3. The number of amides is 2. The van der Waals surface area contributed by atoms with Crippen LogP contribution in [0.3, 0.4) is 0 Å². The van der Waals surface area contributed by atoms with E-state index in [2.05, 4.69) is 17.4 Å². The van der Waals surface area contributed by atoms with Crippen molar-refractivity contribution in [1.82, 2.24) is 10.2 Å². The Morgan fingerprint density at radius 1 is 1.13 bits per heavy atom. The van der Waals surface area contributed by atoms with E-state index < -0.39 is 12.0 Å². The number of nitrogens with one attached hydrogen (secondary N) is 1. The number of likely N-dealkylation sites (tertiary alicyclic amines) is 1. The number of rotatable bonds is 9. The van der Waals surface area contributed by atoms with Gasteiger partial charge in [-0.3, -0.25) is 9.59 Å². The summed E-state index contributed by atoms with van der Waals surface area (Å²) in [5.41, 5.74) is 2.13. The second kappa shape index (κ2) is 11.3. The normalized spacial score (nSPS) is 18.7. The zero-order valence-electron chi connectivity index (χ0n) is 17.1. The fourth-order valence-corrected chi connectivity index (χ4v) is 3.90. The quantitative estimate of drug-likeness (QED) is 0.556. The van der Waals surface area contributed by atoms with Crippen LogP contribution in [0.2, 0.25) is 10.0 Å². The van der Waals surface area contributed by atoms with Gasteiger partial charge in [0.1, 0.15) is 6.10 Å². The van der Waals surface area contributed by atoms with Crippen molar-refractivity contribution < 1.29 is 14.7 Å². The molecule has 2 aromatic carbocycles. The molecule has 7 heteroatoms. The maximum atomic E-state index is 12.4. The van der Waals surface area contributed by atoms with Crippen LogP contribution in [-0.2, 0) is 16.0 Å². The van der Waals surface area contributed by atoms with Gasteiger partial charge in [-0.05, 0) is 42.5 Å². The number of aliphatic hydroxyl groups is 1. The minimum Gasteiger partial charge on any atom is -0.382 e. The lowest BCUT2D eigenvalue weighted by Crippen LogP contribution is -2.37. The number of hydrogen-bond donors (Lipinski definition) is 2. The zero-order valence-corrected chi connectivity index (χ0v) is 18.6. The molecule has 0 saturated carbocycles. The first kappa shape index (κ1) is 23.3. The van der Waals surface area contributed by atoms with Crippen LogP contribution in [0.1, 0.15) is 24.0 Å². The minimum atomic E-state index is -1.28. The van der Waals surface area contributed by atoms with E-state index in [1.165, 1.54) is 5.56 Å². The van der Waals surface area contributed by atoms with Crippen molar-refractivity contribution in [3.05, 3.63) is 75.8 Å². The fraction of sp³-hybridized carbons (Fsp3) is 0.333. The highest BCUT2D eigenvalue weighted by atomic mass is 35.5. The second-order valence-electron chi connectivity index (χ2n) is 7.60. The molecule has 31 heavy (non-hydrogen) atoms. The molecule has 5 nitrogen and oxygen atoms in total. The summed E-state index contributed by atoms with van der Waals surface area (Å²) in [6, 6.07) is 15.4. The van der Waals surface area contributed by atoms with Gasteiger partial charge in [0.2, 0.25) is 5.91 Å². The second-order valence-corrected chi connectivity index (χ2v) is 8.41. The lowest BCUT2D eigenvalue weighted by molar-refractivity contribution is -0.137. The average Bonchev–Trinajstić information content (AvgIpc) is 3.06. The Morgan fingerprint density at radius 2 is 1.90 bits per heavy atom. The van der Waals surface area contributed by atoms with Gasteiger partial charge in [-0.25, -0.2) is 0 Å². The van der Waals surface area contributed by atoms with Gasteiger partial charge in [-0.15, -0.1) is 0 Å². The Balaban J connectivity index is 1.41. The monoisotopic (exact) mass is 460 g/mol. The Morgan fingerprint density at radius 3 is 2.65 bits per heavy atom. The van der Waals surface area contributed by atoms with Crippen molar-refractivity contribution >= 4 is 41.1 Å². The molecule has 0 radical (unpaired) electrons. The number of carbonyl (C=O) groups is 2. The standard InChI is InChI=1S/C24H26Cl2N2O3/c25-20-12-11-18(15-21(20)26)10-6-13-27-23(30)19-16-28(24(31)22(19)29)14-5-4-9-17-7-2-1-3-8-17/h1-3,6-8,10-12,15,19,22,29H,4-5,9,13-14,16H2,(H,27,30)/b10-6+. The van der Waals surface area contributed by atoms with Crippen molar-refractivity contribution in [1.29, 1.82) is 0 Å². The predicted octanol–water partition coefficient (Wildman–Crippen LogP) is 3.97. The Bertz CT molecular complexity index is 934. The largest absolute Gasteiger partial charge is 0.382 e. The molecule has 0 aliphatic carbocycles. The third-order valence-electron chi connectivity index (χ3n) is 5.33. The SMILES string of the molecule is O=C(NC/C=C/c1ccc(Cl)c(Cl)c1)C1CN(CCCCc2ccccc2)C(=O)C1O. The van der Waals surface area contributed by atoms with Gasteiger partial charge < -0.3 is 15.3 Å². The van der Waals surface area contributed by atoms with Crippen molar-refractivity contribution in [3.63, 3.8) is 0 Å². The van der Waals surface area contributed by atoms with Crippen molar-refractivity contribution in [2.24, 2.45) is 5.92 Å². The van der Waals surface area contributed by atoms with E-state index >= 15 is 0 Å². The number of unbranched alkanes of at least 4 members (excludes halogenated alkanes) is 1. The summed E-state index contributed by atoms with van der Waals surface area (Å²) in [6.45, 7) is 1.07. The molecule has 1 fully saturated rings.